The summed E-state index contributed by atoms with van der Waals surface area (Å²) in [7, 11) is -3.45. The number of hydrogen-bond donors (Lipinski definition) is 2. The first-order valence-electron chi connectivity index (χ1n) is 10.1. The molecule has 1 fully saturated rings. The number of carbonyl (C=O) groups is 1. The van der Waals surface area contributed by atoms with E-state index in [0.717, 1.165) is 29.7 Å². The van der Waals surface area contributed by atoms with Gasteiger partial charge < -0.3 is 5.32 Å². The van der Waals surface area contributed by atoms with Crippen molar-refractivity contribution in [3.8, 4) is 0 Å². The van der Waals surface area contributed by atoms with Gasteiger partial charge in [0.25, 0.3) is 10.2 Å². The van der Waals surface area contributed by atoms with Gasteiger partial charge in [0.05, 0.1) is 11.1 Å². The Labute approximate surface area is 186 Å². The third kappa shape index (κ3) is 5.19. The maximum absolute atomic E-state index is 12.7. The van der Waals surface area contributed by atoms with Crippen LogP contribution >= 0.6 is 11.3 Å². The SMILES string of the molecule is Cc1ccccc1C(=O)c1cnc(Nc2cccc(CNS(=O)(=O)N3CCCC3)c2)s1. The van der Waals surface area contributed by atoms with Crippen LogP contribution in [0, 0.1) is 6.92 Å². The van der Waals surface area contributed by atoms with Gasteiger partial charge in [-0.3, -0.25) is 4.79 Å². The van der Waals surface area contributed by atoms with E-state index in [-0.39, 0.29) is 12.3 Å². The Morgan fingerprint density at radius 3 is 2.68 bits per heavy atom. The van der Waals surface area contributed by atoms with Crippen LogP contribution in [0.2, 0.25) is 0 Å². The molecule has 0 unspecified atom stereocenters. The third-order valence-electron chi connectivity index (χ3n) is 5.16. The van der Waals surface area contributed by atoms with Crippen molar-refractivity contribution in [1.29, 1.82) is 0 Å². The van der Waals surface area contributed by atoms with Gasteiger partial charge in [-0.15, -0.1) is 0 Å². The molecule has 4 rings (SSSR count). The van der Waals surface area contributed by atoms with E-state index >= 15 is 0 Å². The summed E-state index contributed by atoms with van der Waals surface area (Å²) in [4.78, 5) is 17.6. The summed E-state index contributed by atoms with van der Waals surface area (Å²) < 4.78 is 28.8. The molecule has 0 aliphatic carbocycles. The lowest BCUT2D eigenvalue weighted by Crippen LogP contribution is -2.38. The van der Waals surface area contributed by atoms with E-state index in [1.165, 1.54) is 15.6 Å². The molecule has 31 heavy (non-hydrogen) atoms. The van der Waals surface area contributed by atoms with Gasteiger partial charge in [0.15, 0.2) is 5.13 Å². The highest BCUT2D eigenvalue weighted by Gasteiger charge is 2.24. The Bertz CT molecular complexity index is 1180. The van der Waals surface area contributed by atoms with Gasteiger partial charge in [0.2, 0.25) is 5.78 Å². The number of thiazole rings is 1. The fourth-order valence-corrected chi connectivity index (χ4v) is 5.54. The van der Waals surface area contributed by atoms with E-state index in [2.05, 4.69) is 15.0 Å². The summed E-state index contributed by atoms with van der Waals surface area (Å²) in [5.74, 6) is -0.0475. The molecule has 0 atom stereocenters. The van der Waals surface area contributed by atoms with Crippen LogP contribution in [0.5, 0.6) is 0 Å². The number of benzene rings is 2. The first kappa shape index (κ1) is 21.6. The minimum atomic E-state index is -3.45. The minimum absolute atomic E-state index is 0.0475. The van der Waals surface area contributed by atoms with Crippen molar-refractivity contribution in [2.24, 2.45) is 0 Å². The summed E-state index contributed by atoms with van der Waals surface area (Å²) in [6, 6.07) is 15.0. The highest BCUT2D eigenvalue weighted by atomic mass is 32.2. The second-order valence-electron chi connectivity index (χ2n) is 7.43. The van der Waals surface area contributed by atoms with E-state index in [9.17, 15) is 13.2 Å². The van der Waals surface area contributed by atoms with Crippen LogP contribution in [-0.4, -0.2) is 36.6 Å². The largest absolute Gasteiger partial charge is 0.332 e. The van der Waals surface area contributed by atoms with E-state index in [4.69, 9.17) is 0 Å². The van der Waals surface area contributed by atoms with Crippen molar-refractivity contribution in [1.82, 2.24) is 14.0 Å². The van der Waals surface area contributed by atoms with Gasteiger partial charge >= 0.3 is 0 Å². The number of rotatable bonds is 8. The Hall–Kier alpha value is -2.59. The second-order valence-corrected chi connectivity index (χ2v) is 10.2. The van der Waals surface area contributed by atoms with E-state index in [1.54, 1.807) is 6.20 Å². The molecule has 0 saturated carbocycles. The lowest BCUT2D eigenvalue weighted by Gasteiger charge is -2.16. The van der Waals surface area contributed by atoms with Crippen LogP contribution < -0.4 is 10.0 Å². The summed E-state index contributed by atoms with van der Waals surface area (Å²) >= 11 is 1.29. The van der Waals surface area contributed by atoms with Crippen LogP contribution in [0.3, 0.4) is 0 Å². The molecule has 2 N–H and O–H groups in total. The Balaban J connectivity index is 1.41. The van der Waals surface area contributed by atoms with Gasteiger partial charge in [0, 0.05) is 30.9 Å². The summed E-state index contributed by atoms with van der Waals surface area (Å²) in [5, 5.41) is 3.81. The summed E-state index contributed by atoms with van der Waals surface area (Å²) in [5.41, 5.74) is 3.21. The highest BCUT2D eigenvalue weighted by Crippen LogP contribution is 2.26. The number of nitrogens with one attached hydrogen (secondary N) is 2. The molecule has 1 aliphatic heterocycles. The maximum Gasteiger partial charge on any atom is 0.279 e. The maximum atomic E-state index is 12.7. The van der Waals surface area contributed by atoms with Crippen LogP contribution in [0.25, 0.3) is 0 Å². The van der Waals surface area contributed by atoms with E-state index in [0.29, 0.717) is 28.7 Å². The van der Waals surface area contributed by atoms with Crippen molar-refractivity contribution in [2.45, 2.75) is 26.3 Å². The number of carbonyl (C=O) groups excluding carboxylic acids is 1. The molecule has 9 heteroatoms. The molecular weight excluding hydrogens is 432 g/mol. The van der Waals surface area contributed by atoms with Crippen LogP contribution in [0.4, 0.5) is 10.8 Å². The van der Waals surface area contributed by atoms with Gasteiger partial charge in [-0.2, -0.15) is 17.4 Å². The van der Waals surface area contributed by atoms with E-state index in [1.807, 2.05) is 55.5 Å². The molecule has 0 amide bonds. The molecule has 162 valence electrons. The van der Waals surface area contributed by atoms with Gasteiger partial charge in [-0.25, -0.2) is 4.98 Å². The number of ketones is 1. The molecule has 7 nitrogen and oxygen atoms in total. The first-order valence-corrected chi connectivity index (χ1v) is 12.3. The quantitative estimate of drug-likeness (QED) is 0.502. The number of hydrogen-bond acceptors (Lipinski definition) is 6. The van der Waals surface area contributed by atoms with Crippen molar-refractivity contribution in [3.63, 3.8) is 0 Å². The molecule has 1 aromatic heterocycles. The molecule has 3 aromatic rings. The number of anilines is 2. The van der Waals surface area contributed by atoms with E-state index < -0.39 is 10.2 Å². The fourth-order valence-electron chi connectivity index (χ4n) is 3.47. The number of nitrogens with zero attached hydrogens (tertiary/aromatic N) is 2. The lowest BCUT2D eigenvalue weighted by atomic mass is 10.0. The zero-order valence-corrected chi connectivity index (χ0v) is 18.8. The van der Waals surface area contributed by atoms with Crippen LogP contribution in [-0.2, 0) is 16.8 Å². The average molecular weight is 457 g/mol. The number of aryl methyl sites for hydroxylation is 1. The summed E-state index contributed by atoms with van der Waals surface area (Å²) in [6.07, 6.45) is 3.39. The topological polar surface area (TPSA) is 91.4 Å². The Morgan fingerprint density at radius 1 is 1.13 bits per heavy atom. The van der Waals surface area contributed by atoms with Gasteiger partial charge in [0.1, 0.15) is 0 Å². The molecule has 0 spiro atoms. The van der Waals surface area contributed by atoms with Crippen LogP contribution in [0.15, 0.2) is 54.7 Å². The predicted molar refractivity (Wildman–Crippen MR) is 123 cm³/mol. The predicted octanol–water partition coefficient (Wildman–Crippen LogP) is 3.86. The molecule has 1 aliphatic rings. The standard InChI is InChI=1S/C22H24N4O3S2/c1-16-7-2-3-10-19(16)21(27)20-15-23-22(30-20)25-18-9-6-8-17(13-18)14-24-31(28,29)26-11-4-5-12-26/h2-3,6-10,13,15,24H,4-5,11-12,14H2,1H3,(H,23,25). The molecule has 2 aromatic carbocycles. The minimum Gasteiger partial charge on any atom is -0.332 e. The highest BCUT2D eigenvalue weighted by molar-refractivity contribution is 7.87. The lowest BCUT2D eigenvalue weighted by molar-refractivity contribution is 0.104. The van der Waals surface area contributed by atoms with Gasteiger partial charge in [-0.1, -0.05) is 47.7 Å². The van der Waals surface area contributed by atoms with Crippen molar-refractivity contribution in [3.05, 3.63) is 76.3 Å². The van der Waals surface area contributed by atoms with Crippen LogP contribution in [0.1, 0.15) is 39.2 Å². The zero-order valence-electron chi connectivity index (χ0n) is 17.2. The Morgan fingerprint density at radius 2 is 1.90 bits per heavy atom. The molecule has 2 heterocycles. The van der Waals surface area contributed by atoms with Crippen molar-refractivity contribution in [2.75, 3.05) is 18.4 Å². The fraction of sp³-hybridized carbons (Fsp3) is 0.273. The monoisotopic (exact) mass is 456 g/mol. The van der Waals surface area contributed by atoms with Gasteiger partial charge in [-0.05, 0) is 43.0 Å². The average Bonchev–Trinajstić information content (AvgIpc) is 3.45. The molecule has 0 radical (unpaired) electrons. The zero-order chi connectivity index (χ0) is 21.8. The smallest absolute Gasteiger partial charge is 0.279 e. The normalized spacial score (nSPS) is 14.6. The Kier molecular flexibility index (Phi) is 6.47. The molecule has 1 saturated heterocycles. The van der Waals surface area contributed by atoms with Crippen molar-refractivity contribution >= 4 is 38.1 Å². The van der Waals surface area contributed by atoms with Crippen molar-refractivity contribution < 1.29 is 13.2 Å². The second kappa shape index (κ2) is 9.27. The third-order valence-corrected chi connectivity index (χ3v) is 7.63. The number of aromatic nitrogens is 1. The molecule has 0 bridgehead atoms. The first-order chi connectivity index (χ1) is 14.9. The summed E-state index contributed by atoms with van der Waals surface area (Å²) in [6.45, 7) is 3.27. The molecular formula is C22H24N4O3S2.